The molecule has 0 bridgehead atoms. The predicted molar refractivity (Wildman–Crippen MR) is 78.5 cm³/mol. The highest BCUT2D eigenvalue weighted by atomic mass is 19.4. The largest absolute Gasteiger partial charge is 0.416 e. The molecule has 5 heteroatoms. The smallest absolute Gasteiger partial charge is 0.348 e. The molecule has 0 aliphatic carbocycles. The van der Waals surface area contributed by atoms with Crippen molar-refractivity contribution in [1.82, 2.24) is 5.32 Å². The molecule has 0 heterocycles. The molecule has 0 unspecified atom stereocenters. The summed E-state index contributed by atoms with van der Waals surface area (Å²) in [4.78, 5) is 12.1. The SMILES string of the molecule is Cc1cccc(C(=O)NCc2ccc(C(F)(F)F)cc2)c1C. The Bertz CT molecular complexity index is 675. The van der Waals surface area contributed by atoms with Gasteiger partial charge in [-0.15, -0.1) is 0 Å². The van der Waals surface area contributed by atoms with E-state index in [0.29, 0.717) is 11.1 Å². The first-order chi connectivity index (χ1) is 10.3. The lowest BCUT2D eigenvalue weighted by molar-refractivity contribution is -0.137. The number of hydrogen-bond donors (Lipinski definition) is 1. The monoisotopic (exact) mass is 307 g/mol. The minimum atomic E-state index is -4.35. The molecule has 2 nitrogen and oxygen atoms in total. The van der Waals surface area contributed by atoms with Gasteiger partial charge in [0.2, 0.25) is 0 Å². The molecule has 0 saturated heterocycles. The molecule has 0 aromatic heterocycles. The lowest BCUT2D eigenvalue weighted by Gasteiger charge is -2.10. The van der Waals surface area contributed by atoms with E-state index in [2.05, 4.69) is 5.32 Å². The van der Waals surface area contributed by atoms with Crippen LogP contribution in [0.2, 0.25) is 0 Å². The fourth-order valence-electron chi connectivity index (χ4n) is 2.09. The molecule has 0 aliphatic rings. The number of hydrogen-bond acceptors (Lipinski definition) is 1. The van der Waals surface area contributed by atoms with Gasteiger partial charge in [-0.05, 0) is 48.7 Å². The van der Waals surface area contributed by atoms with Crippen LogP contribution in [-0.4, -0.2) is 5.91 Å². The van der Waals surface area contributed by atoms with E-state index in [9.17, 15) is 18.0 Å². The molecule has 0 atom stereocenters. The highest BCUT2D eigenvalue weighted by Crippen LogP contribution is 2.29. The summed E-state index contributed by atoms with van der Waals surface area (Å²) in [5, 5.41) is 2.72. The molecule has 0 saturated carbocycles. The highest BCUT2D eigenvalue weighted by molar-refractivity contribution is 5.95. The number of alkyl halides is 3. The van der Waals surface area contributed by atoms with Crippen molar-refractivity contribution < 1.29 is 18.0 Å². The van der Waals surface area contributed by atoms with E-state index in [-0.39, 0.29) is 12.5 Å². The van der Waals surface area contributed by atoms with E-state index < -0.39 is 11.7 Å². The second kappa shape index (κ2) is 6.22. The van der Waals surface area contributed by atoms with Crippen LogP contribution >= 0.6 is 0 Å². The Kier molecular flexibility index (Phi) is 4.54. The van der Waals surface area contributed by atoms with E-state index in [4.69, 9.17) is 0 Å². The molecule has 1 N–H and O–H groups in total. The summed E-state index contributed by atoms with van der Waals surface area (Å²) in [6.45, 7) is 3.97. The number of nitrogens with one attached hydrogen (secondary N) is 1. The van der Waals surface area contributed by atoms with Crippen LogP contribution in [0.5, 0.6) is 0 Å². The Balaban J connectivity index is 2.04. The van der Waals surface area contributed by atoms with Crippen molar-refractivity contribution in [1.29, 1.82) is 0 Å². The van der Waals surface area contributed by atoms with Crippen molar-refractivity contribution >= 4 is 5.91 Å². The third kappa shape index (κ3) is 3.67. The van der Waals surface area contributed by atoms with Crippen LogP contribution in [-0.2, 0) is 12.7 Å². The summed E-state index contributed by atoms with van der Waals surface area (Å²) in [5.74, 6) is -0.235. The van der Waals surface area contributed by atoms with Crippen molar-refractivity contribution in [3.63, 3.8) is 0 Å². The van der Waals surface area contributed by atoms with Crippen LogP contribution in [0.25, 0.3) is 0 Å². The fraction of sp³-hybridized carbons (Fsp3) is 0.235. The number of amides is 1. The molecule has 1 amide bonds. The molecular formula is C17H16F3NO. The second-order valence-corrected chi connectivity index (χ2v) is 5.12. The van der Waals surface area contributed by atoms with Gasteiger partial charge in [-0.25, -0.2) is 0 Å². The van der Waals surface area contributed by atoms with Crippen molar-refractivity contribution in [2.24, 2.45) is 0 Å². The third-order valence-electron chi connectivity index (χ3n) is 3.58. The van der Waals surface area contributed by atoms with Gasteiger partial charge in [-0.3, -0.25) is 4.79 Å². The Hall–Kier alpha value is -2.30. The predicted octanol–water partition coefficient (Wildman–Crippen LogP) is 4.25. The molecule has 0 fully saturated rings. The Morgan fingerprint density at radius 3 is 2.27 bits per heavy atom. The van der Waals surface area contributed by atoms with E-state index >= 15 is 0 Å². The molecule has 2 aromatic rings. The van der Waals surface area contributed by atoms with Gasteiger partial charge < -0.3 is 5.32 Å². The van der Waals surface area contributed by atoms with Crippen molar-refractivity contribution in [2.75, 3.05) is 0 Å². The maximum Gasteiger partial charge on any atom is 0.416 e. The van der Waals surface area contributed by atoms with Gasteiger partial charge in [0.25, 0.3) is 5.91 Å². The van der Waals surface area contributed by atoms with Crippen LogP contribution in [0.3, 0.4) is 0 Å². The zero-order chi connectivity index (χ0) is 16.3. The summed E-state index contributed by atoms with van der Waals surface area (Å²) in [5.41, 5.74) is 2.41. The number of rotatable bonds is 3. The second-order valence-electron chi connectivity index (χ2n) is 5.12. The van der Waals surface area contributed by atoms with Crippen LogP contribution in [0.4, 0.5) is 13.2 Å². The van der Waals surface area contributed by atoms with E-state index in [1.54, 1.807) is 12.1 Å². The van der Waals surface area contributed by atoms with Gasteiger partial charge in [-0.1, -0.05) is 24.3 Å². The Morgan fingerprint density at radius 1 is 1.05 bits per heavy atom. The van der Waals surface area contributed by atoms with Crippen molar-refractivity contribution in [3.8, 4) is 0 Å². The van der Waals surface area contributed by atoms with Crippen molar-refractivity contribution in [2.45, 2.75) is 26.6 Å². The maximum atomic E-state index is 12.5. The molecular weight excluding hydrogens is 291 g/mol. The first kappa shape index (κ1) is 16.1. The summed E-state index contributed by atoms with van der Waals surface area (Å²) in [6.07, 6.45) is -4.35. The van der Waals surface area contributed by atoms with Crippen LogP contribution < -0.4 is 5.32 Å². The normalized spacial score (nSPS) is 11.3. The van der Waals surface area contributed by atoms with Gasteiger partial charge in [0.1, 0.15) is 0 Å². The molecule has 0 radical (unpaired) electrons. The van der Waals surface area contributed by atoms with Crippen LogP contribution in [0, 0.1) is 13.8 Å². The molecule has 2 aromatic carbocycles. The zero-order valence-electron chi connectivity index (χ0n) is 12.3. The van der Waals surface area contributed by atoms with Crippen molar-refractivity contribution in [3.05, 3.63) is 70.3 Å². The number of carbonyl (C=O) groups is 1. The van der Waals surface area contributed by atoms with E-state index in [1.807, 2.05) is 19.9 Å². The maximum absolute atomic E-state index is 12.5. The molecule has 0 spiro atoms. The van der Waals surface area contributed by atoms with E-state index in [1.165, 1.54) is 12.1 Å². The zero-order valence-corrected chi connectivity index (χ0v) is 12.3. The first-order valence-corrected chi connectivity index (χ1v) is 6.79. The average Bonchev–Trinajstić information content (AvgIpc) is 2.47. The Morgan fingerprint density at radius 2 is 1.68 bits per heavy atom. The number of carbonyl (C=O) groups excluding carboxylic acids is 1. The summed E-state index contributed by atoms with van der Waals surface area (Å²) < 4.78 is 37.4. The lowest BCUT2D eigenvalue weighted by Crippen LogP contribution is -2.23. The number of halogens is 3. The molecule has 116 valence electrons. The lowest BCUT2D eigenvalue weighted by atomic mass is 10.0. The number of benzene rings is 2. The first-order valence-electron chi connectivity index (χ1n) is 6.79. The minimum absolute atomic E-state index is 0.185. The minimum Gasteiger partial charge on any atom is -0.348 e. The summed E-state index contributed by atoms with van der Waals surface area (Å²) >= 11 is 0. The highest BCUT2D eigenvalue weighted by Gasteiger charge is 2.29. The quantitative estimate of drug-likeness (QED) is 0.902. The van der Waals surface area contributed by atoms with Crippen LogP contribution in [0.1, 0.15) is 32.6 Å². The topological polar surface area (TPSA) is 29.1 Å². The summed E-state index contributed by atoms with van der Waals surface area (Å²) in [6, 6.07) is 10.2. The fourth-order valence-corrected chi connectivity index (χ4v) is 2.09. The van der Waals surface area contributed by atoms with Gasteiger partial charge in [-0.2, -0.15) is 13.2 Å². The van der Waals surface area contributed by atoms with Gasteiger partial charge in [0.15, 0.2) is 0 Å². The molecule has 22 heavy (non-hydrogen) atoms. The molecule has 0 aliphatic heterocycles. The van der Waals surface area contributed by atoms with Crippen LogP contribution in [0.15, 0.2) is 42.5 Å². The Labute approximate surface area is 127 Å². The number of aryl methyl sites for hydroxylation is 1. The summed E-state index contributed by atoms with van der Waals surface area (Å²) in [7, 11) is 0. The standard InChI is InChI=1S/C17H16F3NO/c1-11-4-3-5-15(12(11)2)16(22)21-10-13-6-8-14(9-7-13)17(18,19)20/h3-9H,10H2,1-2H3,(H,21,22). The van der Waals surface area contributed by atoms with Gasteiger partial charge in [0.05, 0.1) is 5.56 Å². The third-order valence-corrected chi connectivity index (χ3v) is 3.58. The average molecular weight is 307 g/mol. The van der Waals surface area contributed by atoms with Gasteiger partial charge >= 0.3 is 6.18 Å². The molecule has 2 rings (SSSR count). The van der Waals surface area contributed by atoms with E-state index in [0.717, 1.165) is 23.3 Å². The van der Waals surface area contributed by atoms with Gasteiger partial charge in [0, 0.05) is 12.1 Å².